The number of nitrogens with zero attached hydrogens (tertiary/aromatic N) is 2. The fourth-order valence-electron chi connectivity index (χ4n) is 3.47. The number of carbonyl (C=O) groups is 1. The Labute approximate surface area is 235 Å². The lowest BCUT2D eigenvalue weighted by atomic mass is 9.98. The Hall–Kier alpha value is -3.94. The third-order valence-corrected chi connectivity index (χ3v) is 5.61. The molecule has 1 aromatic carbocycles. The minimum atomic E-state index is -1.42. The first-order chi connectivity index (χ1) is 18.9. The molecule has 0 radical (unpaired) electrons. The highest BCUT2D eigenvalue weighted by atomic mass is 19.2. The van der Waals surface area contributed by atoms with Crippen molar-refractivity contribution < 1.29 is 28.0 Å². The first kappa shape index (κ1) is 34.1. The van der Waals surface area contributed by atoms with Gasteiger partial charge < -0.3 is 20.6 Å². The van der Waals surface area contributed by atoms with Crippen LogP contribution in [-0.4, -0.2) is 62.1 Å². The van der Waals surface area contributed by atoms with Gasteiger partial charge in [-0.3, -0.25) is 0 Å². The van der Waals surface area contributed by atoms with Gasteiger partial charge >= 0.3 is 5.97 Å². The van der Waals surface area contributed by atoms with Crippen LogP contribution in [-0.2, 0) is 4.84 Å². The second kappa shape index (κ2) is 17.6. The highest BCUT2D eigenvalue weighted by Crippen LogP contribution is 2.26. The molecule has 218 valence electrons. The Bertz CT molecular complexity index is 1190. The average molecular weight is 561 g/mol. The van der Waals surface area contributed by atoms with Crippen LogP contribution in [0.15, 0.2) is 65.2 Å². The van der Waals surface area contributed by atoms with Crippen molar-refractivity contribution >= 4 is 11.5 Å². The number of allylic oxidation sites excluding steroid dienone is 5. The standard InChI is InChI=1S/C30H39F3N4O3/c1-8-9-10-24(29-26(31)18-25(30(38)39)19-27(29)32)11-14-35-20-21(2)17-22(3)28(12-15-36(6)7)37(33)40-16-13-23(4)34-5/h1,10,12-13,15,17-19,34-35H,9,11,14,16,20H2,2-7H3,(H,38,39)/b15-12-,21-17+,23-13+,24-10+,28-22-. The van der Waals surface area contributed by atoms with Crippen molar-refractivity contribution in [3.8, 4) is 12.3 Å². The summed E-state index contributed by atoms with van der Waals surface area (Å²) < 4.78 is 44.1. The molecule has 1 rings (SSSR count). The number of hydrogen-bond donors (Lipinski definition) is 3. The van der Waals surface area contributed by atoms with Crippen molar-refractivity contribution in [2.75, 3.05) is 40.8 Å². The maximum absolute atomic E-state index is 14.8. The molecule has 0 aliphatic rings. The van der Waals surface area contributed by atoms with E-state index in [0.717, 1.165) is 23.4 Å². The summed E-state index contributed by atoms with van der Waals surface area (Å²) in [6.45, 7) is 6.28. The highest BCUT2D eigenvalue weighted by molar-refractivity contribution is 5.88. The molecule has 0 aliphatic heterocycles. The van der Waals surface area contributed by atoms with Crippen LogP contribution < -0.4 is 10.6 Å². The maximum Gasteiger partial charge on any atom is 0.335 e. The van der Waals surface area contributed by atoms with E-state index >= 15 is 0 Å². The van der Waals surface area contributed by atoms with E-state index in [1.54, 1.807) is 43.3 Å². The maximum atomic E-state index is 14.8. The number of terminal acetylenes is 1. The van der Waals surface area contributed by atoms with E-state index in [4.69, 9.17) is 16.4 Å². The van der Waals surface area contributed by atoms with Crippen LogP contribution in [0.3, 0.4) is 0 Å². The molecule has 10 heteroatoms. The number of rotatable bonds is 16. The van der Waals surface area contributed by atoms with E-state index in [0.29, 0.717) is 24.2 Å². The first-order valence-electron chi connectivity index (χ1n) is 12.6. The Morgan fingerprint density at radius 1 is 1.18 bits per heavy atom. The molecule has 0 saturated heterocycles. The van der Waals surface area contributed by atoms with Gasteiger partial charge in [-0.2, -0.15) is 0 Å². The summed E-state index contributed by atoms with van der Waals surface area (Å²) in [5.41, 5.74) is 2.13. The predicted molar refractivity (Wildman–Crippen MR) is 153 cm³/mol. The zero-order chi connectivity index (χ0) is 30.2. The van der Waals surface area contributed by atoms with Crippen LogP contribution >= 0.6 is 0 Å². The van der Waals surface area contributed by atoms with Crippen LogP contribution in [0.1, 0.15) is 49.5 Å². The molecule has 40 heavy (non-hydrogen) atoms. The lowest BCUT2D eigenvalue weighted by Crippen LogP contribution is -2.19. The largest absolute Gasteiger partial charge is 0.478 e. The monoisotopic (exact) mass is 560 g/mol. The van der Waals surface area contributed by atoms with Crippen molar-refractivity contribution in [2.24, 2.45) is 0 Å². The summed E-state index contributed by atoms with van der Waals surface area (Å²) in [5.74, 6) is -0.940. The van der Waals surface area contributed by atoms with Crippen molar-refractivity contribution in [1.82, 2.24) is 20.8 Å². The highest BCUT2D eigenvalue weighted by Gasteiger charge is 2.18. The van der Waals surface area contributed by atoms with Gasteiger partial charge in [-0.1, -0.05) is 27.5 Å². The number of halogens is 3. The zero-order valence-corrected chi connectivity index (χ0v) is 23.9. The van der Waals surface area contributed by atoms with E-state index < -0.39 is 23.2 Å². The number of carboxylic acid groups (broad SMARTS) is 1. The Morgan fingerprint density at radius 2 is 1.82 bits per heavy atom. The number of aromatic carboxylic acids is 1. The summed E-state index contributed by atoms with van der Waals surface area (Å²) >= 11 is 0. The molecule has 0 unspecified atom stereocenters. The SMILES string of the molecule is C#CC/C=C(\CCNC/C(C)=C/C(C)=C(/C=C\N(C)C)N(F)OC/C=C(\C)NC)c1c(F)cc(C(=O)O)cc1F. The van der Waals surface area contributed by atoms with Crippen molar-refractivity contribution in [1.29, 1.82) is 0 Å². The molecule has 3 N–H and O–H groups in total. The number of nitrogens with one attached hydrogen (secondary N) is 2. The van der Waals surface area contributed by atoms with E-state index in [-0.39, 0.29) is 36.0 Å². The minimum absolute atomic E-state index is 0.0375. The summed E-state index contributed by atoms with van der Waals surface area (Å²) in [5, 5.41) is 15.4. The van der Waals surface area contributed by atoms with Gasteiger partial charge in [-0.05, 0) is 69.2 Å². The molecule has 0 aliphatic carbocycles. The van der Waals surface area contributed by atoms with Gasteiger partial charge in [0.2, 0.25) is 0 Å². The molecule has 0 saturated carbocycles. The summed E-state index contributed by atoms with van der Waals surface area (Å²) in [6.07, 6.45) is 14.1. The van der Waals surface area contributed by atoms with Gasteiger partial charge in [0.1, 0.15) is 17.3 Å². The third-order valence-electron chi connectivity index (χ3n) is 5.61. The second-order valence-electron chi connectivity index (χ2n) is 9.20. The average Bonchev–Trinajstić information content (AvgIpc) is 2.88. The fraction of sp³-hybridized carbons (Fsp3) is 0.367. The second-order valence-corrected chi connectivity index (χ2v) is 9.20. The summed E-state index contributed by atoms with van der Waals surface area (Å²) in [6, 6.07) is 1.58. The molecule has 0 spiro atoms. The number of hydrogen-bond acceptors (Lipinski definition) is 6. The molecule has 0 amide bonds. The molecular formula is C30H39F3N4O3. The molecule has 0 heterocycles. The third kappa shape index (κ3) is 11.8. The molecular weight excluding hydrogens is 521 g/mol. The molecule has 0 atom stereocenters. The van der Waals surface area contributed by atoms with Crippen LogP contribution in [0.2, 0.25) is 0 Å². The lowest BCUT2D eigenvalue weighted by molar-refractivity contribution is -0.243. The van der Waals surface area contributed by atoms with Crippen LogP contribution in [0.4, 0.5) is 13.3 Å². The molecule has 7 nitrogen and oxygen atoms in total. The minimum Gasteiger partial charge on any atom is -0.478 e. The van der Waals surface area contributed by atoms with E-state index in [1.165, 1.54) is 0 Å². The topological polar surface area (TPSA) is 77.1 Å². The molecule has 0 bridgehead atoms. The quantitative estimate of drug-likeness (QED) is 0.0801. The molecule has 0 fully saturated rings. The summed E-state index contributed by atoms with van der Waals surface area (Å²) in [7, 11) is 5.41. The predicted octanol–water partition coefficient (Wildman–Crippen LogP) is 5.59. The number of carboxylic acids is 1. The summed E-state index contributed by atoms with van der Waals surface area (Å²) in [4.78, 5) is 18.1. The van der Waals surface area contributed by atoms with Gasteiger partial charge in [0.25, 0.3) is 0 Å². The Balaban J connectivity index is 3.00. The van der Waals surface area contributed by atoms with Crippen LogP contribution in [0, 0.1) is 24.0 Å². The van der Waals surface area contributed by atoms with Crippen molar-refractivity contribution in [3.63, 3.8) is 0 Å². The Morgan fingerprint density at radius 3 is 2.38 bits per heavy atom. The number of benzene rings is 1. The van der Waals surface area contributed by atoms with Gasteiger partial charge in [-0.25, -0.2) is 18.4 Å². The molecule has 1 aromatic rings. The van der Waals surface area contributed by atoms with Crippen molar-refractivity contribution in [3.05, 3.63) is 87.9 Å². The Kier molecular flexibility index (Phi) is 15.0. The van der Waals surface area contributed by atoms with Gasteiger partial charge in [0.15, 0.2) is 0 Å². The van der Waals surface area contributed by atoms with Crippen molar-refractivity contribution in [2.45, 2.75) is 33.6 Å². The number of hydroxylamine groups is 1. The van der Waals surface area contributed by atoms with Crippen LogP contribution in [0.25, 0.3) is 5.57 Å². The van der Waals surface area contributed by atoms with E-state index in [1.807, 2.05) is 34.0 Å². The smallest absolute Gasteiger partial charge is 0.335 e. The van der Waals surface area contributed by atoms with Gasteiger partial charge in [0.05, 0.1) is 12.2 Å². The normalized spacial score (nSPS) is 13.2. The first-order valence-corrected chi connectivity index (χ1v) is 12.6. The fourth-order valence-corrected chi connectivity index (χ4v) is 3.47. The van der Waals surface area contributed by atoms with E-state index in [9.17, 15) is 18.1 Å². The lowest BCUT2D eigenvalue weighted by Gasteiger charge is -2.17. The zero-order valence-electron chi connectivity index (χ0n) is 23.9. The van der Waals surface area contributed by atoms with E-state index in [2.05, 4.69) is 16.6 Å². The van der Waals surface area contributed by atoms with Gasteiger partial charge in [0, 0.05) is 51.6 Å². The molecule has 0 aromatic heterocycles. The van der Waals surface area contributed by atoms with Crippen LogP contribution in [0.5, 0.6) is 0 Å². The van der Waals surface area contributed by atoms with Gasteiger partial charge in [-0.15, -0.1) is 12.3 Å².